The molecular formula is C10H12N2. The molecule has 0 aliphatic heterocycles. The van der Waals surface area contributed by atoms with Gasteiger partial charge in [-0.3, -0.25) is 4.99 Å². The Bertz CT molecular complexity index is 264. The molecule has 62 valence electrons. The quantitative estimate of drug-likeness (QED) is 0.353. The van der Waals surface area contributed by atoms with Crippen LogP contribution in [0.3, 0.4) is 0 Å². The molecule has 0 radical (unpaired) electrons. The van der Waals surface area contributed by atoms with Crippen LogP contribution < -0.4 is 0 Å². The van der Waals surface area contributed by atoms with Gasteiger partial charge in [0, 0.05) is 25.3 Å². The summed E-state index contributed by atoms with van der Waals surface area (Å²) in [5, 5.41) is 8.41. The highest BCUT2D eigenvalue weighted by molar-refractivity contribution is 5.71. The van der Waals surface area contributed by atoms with Crippen LogP contribution >= 0.6 is 0 Å². The fourth-order valence-corrected chi connectivity index (χ4v) is 0.638. The van der Waals surface area contributed by atoms with Gasteiger partial charge < -0.3 is 0 Å². The van der Waals surface area contributed by atoms with Gasteiger partial charge in [0.1, 0.15) is 0 Å². The molecule has 0 N–H and O–H groups in total. The average Bonchev–Trinajstić information content (AvgIpc) is 2.05. The zero-order valence-electron chi connectivity index (χ0n) is 7.25. The standard InChI is InChI=1S/C10H12N2/c1-9(5-4-6-12-3)7-10(2)8-11/h4-6H,1-2,7H2,3H3/b5-4-,12-6?. The first-order chi connectivity index (χ1) is 5.70. The van der Waals surface area contributed by atoms with Gasteiger partial charge in [0.25, 0.3) is 0 Å². The van der Waals surface area contributed by atoms with E-state index < -0.39 is 0 Å². The second kappa shape index (κ2) is 6.11. The first-order valence-electron chi connectivity index (χ1n) is 3.55. The Morgan fingerprint density at radius 1 is 1.58 bits per heavy atom. The third-order valence-corrected chi connectivity index (χ3v) is 1.17. The Balaban J connectivity index is 3.92. The van der Waals surface area contributed by atoms with Crippen LogP contribution in [0, 0.1) is 11.3 Å². The highest BCUT2D eigenvalue weighted by Gasteiger charge is 1.91. The molecule has 0 amide bonds. The van der Waals surface area contributed by atoms with Crippen molar-refractivity contribution in [3.8, 4) is 6.07 Å². The van der Waals surface area contributed by atoms with E-state index in [1.54, 1.807) is 19.3 Å². The lowest BCUT2D eigenvalue weighted by Gasteiger charge is -1.93. The van der Waals surface area contributed by atoms with Crippen molar-refractivity contribution < 1.29 is 0 Å². The Morgan fingerprint density at radius 3 is 2.75 bits per heavy atom. The molecule has 0 aliphatic carbocycles. The highest BCUT2D eigenvalue weighted by Crippen LogP contribution is 2.06. The summed E-state index contributed by atoms with van der Waals surface area (Å²) in [7, 11) is 1.70. The van der Waals surface area contributed by atoms with Crippen molar-refractivity contribution in [2.75, 3.05) is 7.05 Å². The Labute approximate surface area is 73.2 Å². The number of rotatable bonds is 4. The summed E-state index contributed by atoms with van der Waals surface area (Å²) >= 11 is 0. The minimum atomic E-state index is 0.526. The zero-order valence-corrected chi connectivity index (χ0v) is 7.25. The number of allylic oxidation sites excluding steroid dienone is 4. The molecule has 0 rings (SSSR count). The van der Waals surface area contributed by atoms with Crippen molar-refractivity contribution in [3.05, 3.63) is 36.5 Å². The van der Waals surface area contributed by atoms with Crippen molar-refractivity contribution in [1.82, 2.24) is 0 Å². The molecule has 12 heavy (non-hydrogen) atoms. The number of aliphatic imine (C=N–C) groups is 1. The van der Waals surface area contributed by atoms with E-state index >= 15 is 0 Å². The first-order valence-corrected chi connectivity index (χ1v) is 3.55. The van der Waals surface area contributed by atoms with E-state index in [-0.39, 0.29) is 0 Å². The summed E-state index contributed by atoms with van der Waals surface area (Å²) in [4.78, 5) is 3.77. The molecule has 0 aromatic heterocycles. The molecule has 0 aliphatic rings. The molecule has 0 bridgehead atoms. The van der Waals surface area contributed by atoms with Gasteiger partial charge in [-0.15, -0.1) is 0 Å². The van der Waals surface area contributed by atoms with E-state index in [0.29, 0.717) is 12.0 Å². The lowest BCUT2D eigenvalue weighted by Crippen LogP contribution is -1.79. The third-order valence-electron chi connectivity index (χ3n) is 1.17. The molecule has 2 heteroatoms. The van der Waals surface area contributed by atoms with Gasteiger partial charge in [0.15, 0.2) is 0 Å². The molecule has 0 atom stereocenters. The maximum absolute atomic E-state index is 8.41. The summed E-state index contributed by atoms with van der Waals surface area (Å²) in [5.41, 5.74) is 1.39. The minimum absolute atomic E-state index is 0.526. The van der Waals surface area contributed by atoms with Gasteiger partial charge in [-0.05, 0) is 6.08 Å². The predicted octanol–water partition coefficient (Wildman–Crippen LogP) is 2.27. The fourth-order valence-electron chi connectivity index (χ4n) is 0.638. The van der Waals surface area contributed by atoms with Crippen LogP contribution in [-0.4, -0.2) is 13.3 Å². The summed E-state index contributed by atoms with van der Waals surface area (Å²) in [6.07, 6.45) is 5.80. The lowest BCUT2D eigenvalue weighted by atomic mass is 10.1. The second-order valence-corrected chi connectivity index (χ2v) is 2.32. The average molecular weight is 160 g/mol. The second-order valence-electron chi connectivity index (χ2n) is 2.32. The van der Waals surface area contributed by atoms with E-state index in [9.17, 15) is 0 Å². The Morgan fingerprint density at radius 2 is 2.25 bits per heavy atom. The van der Waals surface area contributed by atoms with E-state index in [1.165, 1.54) is 0 Å². The number of hydrogen-bond acceptors (Lipinski definition) is 2. The van der Waals surface area contributed by atoms with Crippen LogP contribution in [0.5, 0.6) is 0 Å². The SMILES string of the molecule is C=C(C#N)CC(=C)/C=C\C=NC. The fraction of sp³-hybridized carbons (Fsp3) is 0.200. The van der Waals surface area contributed by atoms with Crippen molar-refractivity contribution >= 4 is 6.21 Å². The maximum Gasteiger partial charge on any atom is 0.0944 e. The first kappa shape index (κ1) is 10.4. The lowest BCUT2D eigenvalue weighted by molar-refractivity contribution is 1.23. The van der Waals surface area contributed by atoms with Crippen molar-refractivity contribution in [2.24, 2.45) is 4.99 Å². The summed E-state index contributed by atoms with van der Waals surface area (Å²) in [6, 6.07) is 1.96. The summed E-state index contributed by atoms with van der Waals surface area (Å²) < 4.78 is 0. The molecule has 0 aromatic rings. The topological polar surface area (TPSA) is 36.1 Å². The highest BCUT2D eigenvalue weighted by atomic mass is 14.6. The van der Waals surface area contributed by atoms with Crippen LogP contribution in [0.4, 0.5) is 0 Å². The Kier molecular flexibility index (Phi) is 5.29. The number of nitriles is 1. The molecular weight excluding hydrogens is 148 g/mol. The maximum atomic E-state index is 8.41. The van der Waals surface area contributed by atoms with Gasteiger partial charge in [-0.25, -0.2) is 0 Å². The van der Waals surface area contributed by atoms with Gasteiger partial charge in [-0.1, -0.05) is 24.8 Å². The molecule has 0 heterocycles. The molecule has 0 unspecified atom stereocenters. The molecule has 0 spiro atoms. The largest absolute Gasteiger partial charge is 0.297 e. The van der Waals surface area contributed by atoms with E-state index in [1.807, 2.05) is 12.1 Å². The minimum Gasteiger partial charge on any atom is -0.297 e. The van der Waals surface area contributed by atoms with Gasteiger partial charge in [0.05, 0.1) is 6.07 Å². The normalized spacial score (nSPS) is 10.3. The van der Waals surface area contributed by atoms with Crippen LogP contribution in [0.15, 0.2) is 41.4 Å². The van der Waals surface area contributed by atoms with Crippen LogP contribution in [-0.2, 0) is 0 Å². The van der Waals surface area contributed by atoms with Gasteiger partial charge >= 0.3 is 0 Å². The van der Waals surface area contributed by atoms with Crippen LogP contribution in [0.25, 0.3) is 0 Å². The molecule has 0 saturated carbocycles. The summed E-state index contributed by atoms with van der Waals surface area (Å²) in [5.74, 6) is 0. The van der Waals surface area contributed by atoms with Crippen molar-refractivity contribution in [2.45, 2.75) is 6.42 Å². The monoisotopic (exact) mass is 160 g/mol. The molecule has 0 fully saturated rings. The number of nitrogens with zero attached hydrogens (tertiary/aromatic N) is 2. The van der Waals surface area contributed by atoms with Crippen LogP contribution in [0.2, 0.25) is 0 Å². The molecule has 0 aromatic carbocycles. The predicted molar refractivity (Wildman–Crippen MR) is 52.1 cm³/mol. The van der Waals surface area contributed by atoms with E-state index in [0.717, 1.165) is 5.57 Å². The molecule has 2 nitrogen and oxygen atoms in total. The number of hydrogen-bond donors (Lipinski definition) is 0. The zero-order chi connectivity index (χ0) is 9.40. The van der Waals surface area contributed by atoms with Crippen molar-refractivity contribution in [3.63, 3.8) is 0 Å². The van der Waals surface area contributed by atoms with Gasteiger partial charge in [0.2, 0.25) is 0 Å². The van der Waals surface area contributed by atoms with Crippen molar-refractivity contribution in [1.29, 1.82) is 5.26 Å². The van der Waals surface area contributed by atoms with E-state index in [2.05, 4.69) is 18.2 Å². The third kappa shape index (κ3) is 5.19. The van der Waals surface area contributed by atoms with Crippen LogP contribution in [0.1, 0.15) is 6.42 Å². The van der Waals surface area contributed by atoms with E-state index in [4.69, 9.17) is 5.26 Å². The smallest absolute Gasteiger partial charge is 0.0944 e. The van der Waals surface area contributed by atoms with Gasteiger partial charge in [-0.2, -0.15) is 5.26 Å². The molecule has 0 saturated heterocycles. The summed E-state index contributed by atoms with van der Waals surface area (Å²) in [6.45, 7) is 7.31. The Hall–Kier alpha value is -1.62.